The molecule has 0 aliphatic rings. The minimum Gasteiger partial charge on any atom is -0.467 e. The molecule has 0 saturated carbocycles. The quantitative estimate of drug-likeness (QED) is 0.743. The number of ether oxygens (including phenoxy) is 1. The number of aromatic nitrogens is 2. The summed E-state index contributed by atoms with van der Waals surface area (Å²) >= 11 is 5.96. The highest BCUT2D eigenvalue weighted by molar-refractivity contribution is 6.33. The van der Waals surface area contributed by atoms with Crippen LogP contribution in [0.3, 0.4) is 0 Å². The van der Waals surface area contributed by atoms with Crippen molar-refractivity contribution in [3.63, 3.8) is 0 Å². The standard InChI is InChI=1S/C12H18ClN3O4/c1-7(2)10(12(19)20-3)15-8-6-14-16(4-5-17)11(18)9(8)13/h6-7,10,15,17H,4-5H2,1-3H3. The lowest BCUT2D eigenvalue weighted by molar-refractivity contribution is -0.142. The number of halogens is 1. The van der Waals surface area contributed by atoms with E-state index in [9.17, 15) is 9.59 Å². The van der Waals surface area contributed by atoms with Gasteiger partial charge >= 0.3 is 5.97 Å². The molecular weight excluding hydrogens is 286 g/mol. The van der Waals surface area contributed by atoms with Gasteiger partial charge in [0.15, 0.2) is 0 Å². The van der Waals surface area contributed by atoms with Crippen LogP contribution >= 0.6 is 11.6 Å². The van der Waals surface area contributed by atoms with Crippen molar-refractivity contribution < 1.29 is 14.6 Å². The highest BCUT2D eigenvalue weighted by atomic mass is 35.5. The second kappa shape index (κ2) is 7.25. The lowest BCUT2D eigenvalue weighted by Gasteiger charge is -2.21. The lowest BCUT2D eigenvalue weighted by Crippen LogP contribution is -2.36. The highest BCUT2D eigenvalue weighted by Crippen LogP contribution is 2.19. The topological polar surface area (TPSA) is 93.4 Å². The zero-order chi connectivity index (χ0) is 15.3. The summed E-state index contributed by atoms with van der Waals surface area (Å²) in [7, 11) is 1.29. The van der Waals surface area contributed by atoms with Crippen LogP contribution < -0.4 is 10.9 Å². The molecule has 1 atom stereocenters. The molecule has 0 radical (unpaired) electrons. The van der Waals surface area contributed by atoms with E-state index in [1.54, 1.807) is 0 Å². The van der Waals surface area contributed by atoms with Gasteiger partial charge in [0.25, 0.3) is 5.56 Å². The number of aliphatic hydroxyl groups excluding tert-OH is 1. The van der Waals surface area contributed by atoms with E-state index in [1.165, 1.54) is 13.3 Å². The van der Waals surface area contributed by atoms with Crippen molar-refractivity contribution in [2.45, 2.75) is 26.4 Å². The number of aliphatic hydroxyl groups is 1. The van der Waals surface area contributed by atoms with E-state index in [1.807, 2.05) is 13.8 Å². The normalized spacial score (nSPS) is 12.3. The van der Waals surface area contributed by atoms with Crippen LogP contribution in [-0.4, -0.2) is 40.6 Å². The summed E-state index contributed by atoms with van der Waals surface area (Å²) in [5.41, 5.74) is -0.270. The number of esters is 1. The number of methoxy groups -OCH3 is 1. The molecule has 1 rings (SSSR count). The van der Waals surface area contributed by atoms with Gasteiger partial charge in [-0.15, -0.1) is 0 Å². The first-order valence-electron chi connectivity index (χ1n) is 6.13. The number of carbonyl (C=O) groups excluding carboxylic acids is 1. The van der Waals surface area contributed by atoms with Crippen molar-refractivity contribution >= 4 is 23.3 Å². The van der Waals surface area contributed by atoms with Crippen molar-refractivity contribution in [1.29, 1.82) is 0 Å². The molecule has 8 heteroatoms. The zero-order valence-electron chi connectivity index (χ0n) is 11.6. The smallest absolute Gasteiger partial charge is 0.328 e. The van der Waals surface area contributed by atoms with Crippen LogP contribution in [0.2, 0.25) is 5.02 Å². The van der Waals surface area contributed by atoms with E-state index in [0.717, 1.165) is 4.68 Å². The predicted molar refractivity (Wildman–Crippen MR) is 74.9 cm³/mol. The Hall–Kier alpha value is -1.60. The molecule has 7 nitrogen and oxygen atoms in total. The Balaban J connectivity index is 3.06. The number of rotatable bonds is 6. The molecule has 1 unspecified atom stereocenters. The number of anilines is 1. The molecule has 1 aromatic rings. The summed E-state index contributed by atoms with van der Waals surface area (Å²) in [5.74, 6) is -0.506. The minimum atomic E-state index is -0.632. The minimum absolute atomic E-state index is 0.0570. The third-order valence-corrected chi connectivity index (χ3v) is 3.09. The molecule has 0 aliphatic heterocycles. The molecule has 0 spiro atoms. The maximum Gasteiger partial charge on any atom is 0.328 e. The lowest BCUT2D eigenvalue weighted by atomic mass is 10.0. The maximum absolute atomic E-state index is 11.9. The van der Waals surface area contributed by atoms with Crippen LogP contribution in [0.5, 0.6) is 0 Å². The van der Waals surface area contributed by atoms with Crippen molar-refractivity contribution in [3.8, 4) is 0 Å². The zero-order valence-corrected chi connectivity index (χ0v) is 12.3. The molecule has 0 fully saturated rings. The van der Waals surface area contributed by atoms with Crippen molar-refractivity contribution in [3.05, 3.63) is 21.6 Å². The largest absolute Gasteiger partial charge is 0.467 e. The van der Waals surface area contributed by atoms with E-state index in [-0.39, 0.29) is 29.8 Å². The maximum atomic E-state index is 11.9. The second-order valence-corrected chi connectivity index (χ2v) is 4.89. The van der Waals surface area contributed by atoms with Crippen LogP contribution in [0, 0.1) is 5.92 Å². The molecule has 0 amide bonds. The van der Waals surface area contributed by atoms with Crippen LogP contribution in [0.1, 0.15) is 13.8 Å². The Morgan fingerprint density at radius 3 is 2.75 bits per heavy atom. The first-order valence-corrected chi connectivity index (χ1v) is 6.51. The third kappa shape index (κ3) is 3.71. The van der Waals surface area contributed by atoms with E-state index < -0.39 is 17.6 Å². The van der Waals surface area contributed by atoms with E-state index in [4.69, 9.17) is 21.4 Å². The predicted octanol–water partition coefficient (Wildman–Crippen LogP) is 0.498. The highest BCUT2D eigenvalue weighted by Gasteiger charge is 2.24. The van der Waals surface area contributed by atoms with E-state index >= 15 is 0 Å². The van der Waals surface area contributed by atoms with E-state index in [2.05, 4.69) is 10.4 Å². The molecule has 0 saturated heterocycles. The Morgan fingerprint density at radius 2 is 2.25 bits per heavy atom. The van der Waals surface area contributed by atoms with Gasteiger partial charge in [-0.1, -0.05) is 25.4 Å². The fourth-order valence-corrected chi connectivity index (χ4v) is 1.81. The first kappa shape index (κ1) is 16.5. The van der Waals surface area contributed by atoms with Crippen LogP contribution in [0.15, 0.2) is 11.0 Å². The molecule has 112 valence electrons. The molecule has 0 aliphatic carbocycles. The fourth-order valence-electron chi connectivity index (χ4n) is 1.61. The van der Waals surface area contributed by atoms with Crippen molar-refractivity contribution in [2.24, 2.45) is 5.92 Å². The summed E-state index contributed by atoms with van der Waals surface area (Å²) in [6, 6.07) is -0.632. The summed E-state index contributed by atoms with van der Waals surface area (Å²) < 4.78 is 5.75. The van der Waals surface area contributed by atoms with Gasteiger partial charge in [0.2, 0.25) is 0 Å². The van der Waals surface area contributed by atoms with Gasteiger partial charge in [0, 0.05) is 0 Å². The Morgan fingerprint density at radius 1 is 1.60 bits per heavy atom. The second-order valence-electron chi connectivity index (χ2n) is 4.51. The Bertz CT molecular complexity index is 530. The molecule has 1 aromatic heterocycles. The number of carbonyl (C=O) groups is 1. The summed E-state index contributed by atoms with van der Waals surface area (Å²) in [4.78, 5) is 23.5. The van der Waals surface area contributed by atoms with Gasteiger partial charge in [-0.2, -0.15) is 5.10 Å². The summed E-state index contributed by atoms with van der Waals surface area (Å²) in [5, 5.41) is 15.5. The van der Waals surface area contributed by atoms with Gasteiger partial charge in [-0.25, -0.2) is 9.48 Å². The van der Waals surface area contributed by atoms with E-state index in [0.29, 0.717) is 0 Å². The van der Waals surface area contributed by atoms with Crippen LogP contribution in [0.25, 0.3) is 0 Å². The molecule has 20 heavy (non-hydrogen) atoms. The van der Waals surface area contributed by atoms with Crippen LogP contribution in [0.4, 0.5) is 5.69 Å². The first-order chi connectivity index (χ1) is 9.42. The average molecular weight is 304 g/mol. The number of nitrogens with zero attached hydrogens (tertiary/aromatic N) is 2. The molecule has 1 heterocycles. The van der Waals surface area contributed by atoms with Crippen molar-refractivity contribution in [1.82, 2.24) is 9.78 Å². The number of nitrogens with one attached hydrogen (secondary N) is 1. The molecule has 0 bridgehead atoms. The van der Waals surface area contributed by atoms with Gasteiger partial charge in [-0.3, -0.25) is 4.79 Å². The van der Waals surface area contributed by atoms with Crippen molar-refractivity contribution in [2.75, 3.05) is 19.0 Å². The monoisotopic (exact) mass is 303 g/mol. The number of hydrogen-bond donors (Lipinski definition) is 2. The molecule has 2 N–H and O–H groups in total. The van der Waals surface area contributed by atoms with Gasteiger partial charge in [-0.05, 0) is 5.92 Å². The Kier molecular flexibility index (Phi) is 5.97. The van der Waals surface area contributed by atoms with Gasteiger partial charge in [0.05, 0.1) is 32.1 Å². The van der Waals surface area contributed by atoms with Gasteiger partial charge in [0.1, 0.15) is 11.1 Å². The van der Waals surface area contributed by atoms with Gasteiger partial charge < -0.3 is 15.2 Å². The molecular formula is C12H18ClN3O4. The summed E-state index contributed by atoms with van der Waals surface area (Å²) in [6.45, 7) is 3.52. The Labute approximate surface area is 121 Å². The summed E-state index contributed by atoms with van der Waals surface area (Å²) in [6.07, 6.45) is 1.34. The SMILES string of the molecule is COC(=O)C(Nc1cnn(CCO)c(=O)c1Cl)C(C)C. The molecule has 0 aromatic carbocycles. The third-order valence-electron chi connectivity index (χ3n) is 2.73. The van der Waals surface area contributed by atoms with Crippen LogP contribution in [-0.2, 0) is 16.1 Å². The average Bonchev–Trinajstić information content (AvgIpc) is 2.42. The number of hydrogen-bond acceptors (Lipinski definition) is 6. The fraction of sp³-hybridized carbons (Fsp3) is 0.583.